The lowest BCUT2D eigenvalue weighted by molar-refractivity contribution is -0.140. The molecule has 3 nitrogen and oxygen atoms in total. The summed E-state index contributed by atoms with van der Waals surface area (Å²) in [6.07, 6.45) is 8.37. The summed E-state index contributed by atoms with van der Waals surface area (Å²) in [6, 6.07) is 0. The maximum atomic E-state index is 10.7. The number of rotatable bonds is 3. The normalized spacial score (nSPS) is 14.2. The van der Waals surface area contributed by atoms with Crippen molar-refractivity contribution in [1.82, 2.24) is 4.99 Å². The Kier molecular flexibility index (Phi) is 3.26. The van der Waals surface area contributed by atoms with Crippen LogP contribution in [0, 0.1) is 0 Å². The van der Waals surface area contributed by atoms with Gasteiger partial charge in [0.25, 0.3) is 0 Å². The fourth-order valence-corrected chi connectivity index (χ4v) is 0.894. The molecule has 0 fully saturated rings. The summed E-state index contributed by atoms with van der Waals surface area (Å²) in [7, 11) is 1.39. The van der Waals surface area contributed by atoms with Gasteiger partial charge in [0.15, 0.2) is 0 Å². The lowest BCUT2D eigenvalue weighted by Crippen LogP contribution is -2.01. The zero-order valence-electron chi connectivity index (χ0n) is 6.99. The first kappa shape index (κ1) is 8.71. The molecule has 3 heteroatoms. The molecule has 0 aromatic carbocycles. The van der Waals surface area contributed by atoms with Crippen molar-refractivity contribution in [2.45, 2.75) is 12.8 Å². The molecule has 1 radical (unpaired) electrons. The summed E-state index contributed by atoms with van der Waals surface area (Å²) < 4.78 is 4.51. The van der Waals surface area contributed by atoms with Gasteiger partial charge in [0.2, 0.25) is 12.4 Å². The first-order valence-electron chi connectivity index (χ1n) is 3.78. The molecule has 0 aliphatic carbocycles. The number of allylic oxidation sites excluding steroid dienone is 3. The van der Waals surface area contributed by atoms with Crippen LogP contribution in [0.4, 0.5) is 0 Å². The van der Waals surface area contributed by atoms with Gasteiger partial charge in [-0.25, -0.2) is 0 Å². The van der Waals surface area contributed by atoms with Gasteiger partial charge >= 0.3 is 5.97 Å². The number of carbonyl (C=O) groups excluding carboxylic acids is 1. The topological polar surface area (TPSA) is 40.4 Å². The minimum atomic E-state index is -0.182. The number of nitrogens with zero attached hydrogens (tertiary/aromatic N) is 1. The molecule has 0 N–H and O–H groups in total. The van der Waals surface area contributed by atoms with Crippen molar-refractivity contribution in [2.24, 2.45) is 0 Å². The van der Waals surface area contributed by atoms with E-state index >= 15 is 0 Å². The van der Waals surface area contributed by atoms with Gasteiger partial charge in [0.1, 0.15) is 0 Å². The number of methoxy groups -OCH3 is 1. The second-order valence-corrected chi connectivity index (χ2v) is 2.44. The molecule has 63 valence electrons. The summed E-state index contributed by atoms with van der Waals surface area (Å²) in [6.45, 7) is 0. The summed E-state index contributed by atoms with van der Waals surface area (Å²) in [5.41, 5.74) is 1.06. The molecular weight excluding hydrogens is 154 g/mol. The average molecular weight is 165 g/mol. The fourth-order valence-electron chi connectivity index (χ4n) is 0.894. The monoisotopic (exact) mass is 165 g/mol. The van der Waals surface area contributed by atoms with Gasteiger partial charge < -0.3 is 4.74 Å². The van der Waals surface area contributed by atoms with Crippen molar-refractivity contribution >= 4 is 12.2 Å². The predicted molar refractivity (Wildman–Crippen MR) is 46.7 cm³/mol. The maximum absolute atomic E-state index is 10.7. The number of aliphatic imine (C=N–C) groups is 1. The van der Waals surface area contributed by atoms with E-state index in [-0.39, 0.29) is 5.97 Å². The van der Waals surface area contributed by atoms with Crippen LogP contribution >= 0.6 is 0 Å². The van der Waals surface area contributed by atoms with Crippen LogP contribution in [0.3, 0.4) is 0 Å². The molecule has 0 aromatic heterocycles. The summed E-state index contributed by atoms with van der Waals surface area (Å²) >= 11 is 0. The van der Waals surface area contributed by atoms with E-state index in [9.17, 15) is 4.79 Å². The van der Waals surface area contributed by atoms with E-state index < -0.39 is 0 Å². The van der Waals surface area contributed by atoms with Gasteiger partial charge in [-0.15, -0.1) is 0 Å². The third kappa shape index (κ3) is 2.70. The predicted octanol–water partition coefficient (Wildman–Crippen LogP) is 0.800. The van der Waals surface area contributed by atoms with E-state index in [0.29, 0.717) is 12.8 Å². The van der Waals surface area contributed by atoms with Crippen molar-refractivity contribution in [3.05, 3.63) is 23.9 Å². The third-order valence-corrected chi connectivity index (χ3v) is 1.57. The number of esters is 1. The van der Waals surface area contributed by atoms with Gasteiger partial charge in [0.05, 0.1) is 12.1 Å². The molecule has 0 unspecified atom stereocenters. The molecule has 0 saturated carbocycles. The van der Waals surface area contributed by atoms with Crippen molar-refractivity contribution in [1.29, 1.82) is 0 Å². The van der Waals surface area contributed by atoms with Crippen LogP contribution in [0.5, 0.6) is 0 Å². The number of hydrogen-bond donors (Lipinski definition) is 0. The van der Waals surface area contributed by atoms with Gasteiger partial charge in [-0.3, -0.25) is 4.79 Å². The van der Waals surface area contributed by atoms with E-state index in [2.05, 4.69) is 9.73 Å². The quantitative estimate of drug-likeness (QED) is 0.580. The molecule has 0 amide bonds. The average Bonchev–Trinajstić information content (AvgIpc) is 2.16. The Bertz CT molecular complexity index is 251. The molecule has 12 heavy (non-hydrogen) atoms. The van der Waals surface area contributed by atoms with Gasteiger partial charge in [-0.1, -0.05) is 0 Å². The van der Waals surface area contributed by atoms with Crippen LogP contribution in [0.2, 0.25) is 0 Å². The second-order valence-electron chi connectivity index (χ2n) is 2.44. The fraction of sp³-hybridized carbons (Fsp3) is 0.333. The highest BCUT2D eigenvalue weighted by Crippen LogP contribution is 2.07. The molecule has 0 spiro atoms. The Balaban J connectivity index is 2.33. The zero-order chi connectivity index (χ0) is 8.81. The molecule has 1 aliphatic rings. The SMILES string of the molecule is COC(=O)CCC1=C[N+]=CC=C1. The summed E-state index contributed by atoms with van der Waals surface area (Å²) in [5.74, 6) is -0.182. The molecule has 1 rings (SSSR count). The van der Waals surface area contributed by atoms with E-state index in [0.717, 1.165) is 5.57 Å². The minimum Gasteiger partial charge on any atom is -0.469 e. The van der Waals surface area contributed by atoms with Crippen LogP contribution in [0.15, 0.2) is 23.9 Å². The number of ether oxygens (including phenoxy) is 1. The minimum absolute atomic E-state index is 0.182. The number of carbonyl (C=O) groups is 1. The summed E-state index contributed by atoms with van der Waals surface area (Å²) in [5, 5.41) is 0. The van der Waals surface area contributed by atoms with E-state index in [1.807, 2.05) is 12.2 Å². The standard InChI is InChI=1S/C9H11NO2/c1-12-9(11)5-4-8-3-2-6-10-7-8/h2-3,6-7H,4-5H2,1H3/q+1. The molecular formula is C9H11NO2+. The zero-order valence-corrected chi connectivity index (χ0v) is 6.99. The first-order chi connectivity index (χ1) is 5.83. The van der Waals surface area contributed by atoms with Crippen LogP contribution in [0.1, 0.15) is 12.8 Å². The second kappa shape index (κ2) is 4.49. The Morgan fingerprint density at radius 2 is 2.50 bits per heavy atom. The smallest absolute Gasteiger partial charge is 0.305 e. The first-order valence-corrected chi connectivity index (χ1v) is 3.78. The van der Waals surface area contributed by atoms with Gasteiger partial charge in [-0.2, -0.15) is 0 Å². The Morgan fingerprint density at radius 3 is 3.08 bits per heavy atom. The van der Waals surface area contributed by atoms with Crippen LogP contribution in [-0.2, 0) is 9.53 Å². The lowest BCUT2D eigenvalue weighted by Gasteiger charge is -1.97. The van der Waals surface area contributed by atoms with Gasteiger partial charge in [0, 0.05) is 18.1 Å². The van der Waals surface area contributed by atoms with Crippen molar-refractivity contribution in [3.63, 3.8) is 0 Å². The Labute approximate surface area is 71.4 Å². The summed E-state index contributed by atoms with van der Waals surface area (Å²) in [4.78, 5) is 14.7. The maximum Gasteiger partial charge on any atom is 0.305 e. The molecule has 1 heterocycles. The Hall–Kier alpha value is -1.38. The molecule has 0 saturated heterocycles. The third-order valence-electron chi connectivity index (χ3n) is 1.57. The molecule has 0 bridgehead atoms. The van der Waals surface area contributed by atoms with Crippen LogP contribution < -0.4 is 4.99 Å². The van der Waals surface area contributed by atoms with E-state index in [1.54, 1.807) is 12.4 Å². The largest absolute Gasteiger partial charge is 0.469 e. The van der Waals surface area contributed by atoms with E-state index in [4.69, 9.17) is 0 Å². The van der Waals surface area contributed by atoms with Crippen molar-refractivity contribution in [2.75, 3.05) is 7.11 Å². The van der Waals surface area contributed by atoms with Gasteiger partial charge in [-0.05, 0) is 12.5 Å². The molecule has 0 aromatic rings. The molecule has 1 aliphatic heterocycles. The lowest BCUT2D eigenvalue weighted by atomic mass is 10.1. The van der Waals surface area contributed by atoms with Crippen LogP contribution in [0.25, 0.3) is 0 Å². The van der Waals surface area contributed by atoms with Crippen molar-refractivity contribution in [3.8, 4) is 0 Å². The molecule has 0 atom stereocenters. The highest BCUT2D eigenvalue weighted by Gasteiger charge is 2.05. The van der Waals surface area contributed by atoms with Crippen LogP contribution in [-0.4, -0.2) is 19.3 Å². The number of hydrogen-bond acceptors (Lipinski definition) is 3. The van der Waals surface area contributed by atoms with E-state index in [1.165, 1.54) is 7.11 Å². The highest BCUT2D eigenvalue weighted by molar-refractivity contribution is 5.73. The highest BCUT2D eigenvalue weighted by atomic mass is 16.5. The van der Waals surface area contributed by atoms with Crippen molar-refractivity contribution < 1.29 is 9.53 Å². The Morgan fingerprint density at radius 1 is 1.67 bits per heavy atom.